The SMILES string of the molecule is COc1ccccc1C(=O)N[C@H]1CCCC[C@H]1NC(=O)c1ccccc1OC. The van der Waals surface area contributed by atoms with Crippen LogP contribution in [0.1, 0.15) is 46.4 Å². The fourth-order valence-corrected chi connectivity index (χ4v) is 3.63. The number of hydrogen-bond acceptors (Lipinski definition) is 4. The number of rotatable bonds is 6. The monoisotopic (exact) mass is 382 g/mol. The van der Waals surface area contributed by atoms with E-state index in [-0.39, 0.29) is 23.9 Å². The van der Waals surface area contributed by atoms with Crippen molar-refractivity contribution in [2.24, 2.45) is 0 Å². The molecule has 0 aliphatic heterocycles. The molecule has 2 N–H and O–H groups in total. The fraction of sp³-hybridized carbons (Fsp3) is 0.364. The Labute approximate surface area is 165 Å². The van der Waals surface area contributed by atoms with Crippen molar-refractivity contribution in [2.45, 2.75) is 37.8 Å². The number of nitrogens with one attached hydrogen (secondary N) is 2. The quantitative estimate of drug-likeness (QED) is 0.805. The van der Waals surface area contributed by atoms with Crippen LogP contribution in [0.25, 0.3) is 0 Å². The van der Waals surface area contributed by atoms with E-state index in [9.17, 15) is 9.59 Å². The number of carbonyl (C=O) groups excluding carboxylic acids is 2. The van der Waals surface area contributed by atoms with Crippen LogP contribution in [0.2, 0.25) is 0 Å². The van der Waals surface area contributed by atoms with E-state index < -0.39 is 0 Å². The molecule has 2 aromatic carbocycles. The summed E-state index contributed by atoms with van der Waals surface area (Å²) in [6.07, 6.45) is 3.66. The molecule has 2 atom stereocenters. The second-order valence-corrected chi connectivity index (χ2v) is 6.84. The van der Waals surface area contributed by atoms with Crippen LogP contribution in [0.5, 0.6) is 11.5 Å². The zero-order valence-corrected chi connectivity index (χ0v) is 16.2. The van der Waals surface area contributed by atoms with Gasteiger partial charge in [0, 0.05) is 12.1 Å². The molecule has 0 bridgehead atoms. The van der Waals surface area contributed by atoms with Gasteiger partial charge in [-0.3, -0.25) is 9.59 Å². The third-order valence-electron chi connectivity index (χ3n) is 5.10. The maximum absolute atomic E-state index is 12.8. The van der Waals surface area contributed by atoms with Crippen LogP contribution in [0, 0.1) is 0 Å². The first-order valence-electron chi connectivity index (χ1n) is 9.51. The summed E-state index contributed by atoms with van der Waals surface area (Å²) in [6, 6.07) is 14.0. The smallest absolute Gasteiger partial charge is 0.255 e. The summed E-state index contributed by atoms with van der Waals surface area (Å²) >= 11 is 0. The molecule has 1 aliphatic rings. The predicted molar refractivity (Wildman–Crippen MR) is 107 cm³/mol. The van der Waals surface area contributed by atoms with Crippen molar-refractivity contribution in [2.75, 3.05) is 14.2 Å². The van der Waals surface area contributed by atoms with E-state index >= 15 is 0 Å². The van der Waals surface area contributed by atoms with Crippen LogP contribution < -0.4 is 20.1 Å². The predicted octanol–water partition coefficient (Wildman–Crippen LogP) is 3.17. The molecule has 0 radical (unpaired) electrons. The molecule has 0 aromatic heterocycles. The van der Waals surface area contributed by atoms with Gasteiger partial charge in [0.05, 0.1) is 25.3 Å². The highest BCUT2D eigenvalue weighted by Crippen LogP contribution is 2.23. The summed E-state index contributed by atoms with van der Waals surface area (Å²) in [4.78, 5) is 25.5. The first-order valence-corrected chi connectivity index (χ1v) is 9.51. The molecule has 28 heavy (non-hydrogen) atoms. The molecular weight excluding hydrogens is 356 g/mol. The number of ether oxygens (including phenoxy) is 2. The second kappa shape index (κ2) is 9.26. The Morgan fingerprint density at radius 1 is 0.750 bits per heavy atom. The Hall–Kier alpha value is -3.02. The summed E-state index contributed by atoms with van der Waals surface area (Å²) in [5.74, 6) is 0.678. The summed E-state index contributed by atoms with van der Waals surface area (Å²) < 4.78 is 10.6. The van der Waals surface area contributed by atoms with Crippen LogP contribution in [0.3, 0.4) is 0 Å². The molecule has 2 aromatic rings. The zero-order chi connectivity index (χ0) is 19.9. The van der Waals surface area contributed by atoms with Gasteiger partial charge in [-0.25, -0.2) is 0 Å². The van der Waals surface area contributed by atoms with Crippen LogP contribution in [-0.4, -0.2) is 38.1 Å². The molecule has 6 nitrogen and oxygen atoms in total. The van der Waals surface area contributed by atoms with Gasteiger partial charge in [0.2, 0.25) is 0 Å². The molecular formula is C22H26N2O4. The third kappa shape index (κ3) is 4.44. The lowest BCUT2D eigenvalue weighted by Gasteiger charge is -2.33. The Morgan fingerprint density at radius 2 is 1.14 bits per heavy atom. The first kappa shape index (κ1) is 19.7. The standard InChI is InChI=1S/C22H26N2O4/c1-27-19-13-7-3-9-15(19)21(25)23-17-11-5-6-12-18(17)24-22(26)16-10-4-8-14-20(16)28-2/h3-4,7-10,13-14,17-18H,5-6,11-12H2,1-2H3,(H,23,25)(H,24,26)/t17-,18+. The van der Waals surface area contributed by atoms with Gasteiger partial charge >= 0.3 is 0 Å². The summed E-state index contributed by atoms with van der Waals surface area (Å²) in [7, 11) is 3.09. The van der Waals surface area contributed by atoms with Gasteiger partial charge in [-0.1, -0.05) is 37.1 Å². The molecule has 0 unspecified atom stereocenters. The van der Waals surface area contributed by atoms with Crippen LogP contribution in [0.4, 0.5) is 0 Å². The maximum Gasteiger partial charge on any atom is 0.255 e. The second-order valence-electron chi connectivity index (χ2n) is 6.84. The highest BCUT2D eigenvalue weighted by Gasteiger charge is 2.29. The lowest BCUT2D eigenvalue weighted by Crippen LogP contribution is -2.53. The number of amides is 2. The van der Waals surface area contributed by atoms with Gasteiger partial charge in [0.1, 0.15) is 11.5 Å². The van der Waals surface area contributed by atoms with Gasteiger partial charge in [0.15, 0.2) is 0 Å². The van der Waals surface area contributed by atoms with E-state index in [0.717, 1.165) is 25.7 Å². The Morgan fingerprint density at radius 3 is 1.54 bits per heavy atom. The molecule has 1 aliphatic carbocycles. The van der Waals surface area contributed by atoms with E-state index in [4.69, 9.17) is 9.47 Å². The highest BCUT2D eigenvalue weighted by molar-refractivity contribution is 5.98. The molecule has 1 fully saturated rings. The minimum Gasteiger partial charge on any atom is -0.496 e. The number of methoxy groups -OCH3 is 2. The molecule has 0 spiro atoms. The number of benzene rings is 2. The van der Waals surface area contributed by atoms with Gasteiger partial charge in [-0.2, -0.15) is 0 Å². The van der Waals surface area contributed by atoms with Crippen molar-refractivity contribution in [3.63, 3.8) is 0 Å². The van der Waals surface area contributed by atoms with Gasteiger partial charge in [-0.15, -0.1) is 0 Å². The van der Waals surface area contributed by atoms with Crippen molar-refractivity contribution in [1.82, 2.24) is 10.6 Å². The molecule has 2 amide bonds. The summed E-state index contributed by atoms with van der Waals surface area (Å²) in [5, 5.41) is 6.16. The van der Waals surface area contributed by atoms with Crippen molar-refractivity contribution in [1.29, 1.82) is 0 Å². The topological polar surface area (TPSA) is 76.7 Å². The Kier molecular flexibility index (Phi) is 6.53. The summed E-state index contributed by atoms with van der Waals surface area (Å²) in [5.41, 5.74) is 0.982. The Bertz CT molecular complexity index is 767. The molecule has 6 heteroatoms. The largest absolute Gasteiger partial charge is 0.496 e. The van der Waals surface area contributed by atoms with E-state index in [2.05, 4.69) is 10.6 Å². The van der Waals surface area contributed by atoms with Crippen molar-refractivity contribution in [3.05, 3.63) is 59.7 Å². The lowest BCUT2D eigenvalue weighted by atomic mass is 9.89. The number of para-hydroxylation sites is 2. The normalized spacial score (nSPS) is 18.8. The lowest BCUT2D eigenvalue weighted by molar-refractivity contribution is 0.0859. The highest BCUT2D eigenvalue weighted by atomic mass is 16.5. The van der Waals surface area contributed by atoms with Gasteiger partial charge < -0.3 is 20.1 Å². The van der Waals surface area contributed by atoms with Crippen LogP contribution in [-0.2, 0) is 0 Å². The van der Waals surface area contributed by atoms with Crippen molar-refractivity contribution < 1.29 is 19.1 Å². The van der Waals surface area contributed by atoms with Crippen LogP contribution in [0.15, 0.2) is 48.5 Å². The zero-order valence-electron chi connectivity index (χ0n) is 16.2. The van der Waals surface area contributed by atoms with E-state index in [1.54, 1.807) is 50.6 Å². The first-order chi connectivity index (χ1) is 13.6. The third-order valence-corrected chi connectivity index (χ3v) is 5.10. The number of hydrogen-bond donors (Lipinski definition) is 2. The van der Waals surface area contributed by atoms with Crippen molar-refractivity contribution in [3.8, 4) is 11.5 Å². The number of carbonyl (C=O) groups is 2. The van der Waals surface area contributed by atoms with Crippen LogP contribution >= 0.6 is 0 Å². The van der Waals surface area contributed by atoms with E-state index in [1.165, 1.54) is 0 Å². The average molecular weight is 382 g/mol. The maximum atomic E-state index is 12.8. The van der Waals surface area contributed by atoms with E-state index in [1.807, 2.05) is 12.1 Å². The average Bonchev–Trinajstić information content (AvgIpc) is 2.74. The Balaban J connectivity index is 1.72. The fourth-order valence-electron chi connectivity index (χ4n) is 3.63. The molecule has 0 saturated heterocycles. The van der Waals surface area contributed by atoms with Crippen molar-refractivity contribution >= 4 is 11.8 Å². The summed E-state index contributed by atoms with van der Waals surface area (Å²) in [6.45, 7) is 0. The van der Waals surface area contributed by atoms with Gasteiger partial charge in [0.25, 0.3) is 11.8 Å². The van der Waals surface area contributed by atoms with E-state index in [0.29, 0.717) is 22.6 Å². The minimum atomic E-state index is -0.194. The minimum absolute atomic E-state index is 0.134. The molecule has 0 heterocycles. The molecule has 1 saturated carbocycles. The van der Waals surface area contributed by atoms with Gasteiger partial charge in [-0.05, 0) is 37.1 Å². The molecule has 148 valence electrons. The molecule has 3 rings (SSSR count).